The highest BCUT2D eigenvalue weighted by molar-refractivity contribution is 5.81. The van der Waals surface area contributed by atoms with Crippen molar-refractivity contribution < 1.29 is 14.9 Å². The number of aromatic hydroxyl groups is 1. The first kappa shape index (κ1) is 17.8. The van der Waals surface area contributed by atoms with E-state index in [1.165, 1.54) is 0 Å². The van der Waals surface area contributed by atoms with Gasteiger partial charge in [0.2, 0.25) is 0 Å². The Balaban J connectivity index is 1.88. The van der Waals surface area contributed by atoms with Crippen LogP contribution in [0.25, 0.3) is 17.2 Å². The van der Waals surface area contributed by atoms with Crippen LogP contribution in [0.5, 0.6) is 11.5 Å². The lowest BCUT2D eigenvalue weighted by Crippen LogP contribution is -1.99. The summed E-state index contributed by atoms with van der Waals surface area (Å²) in [4.78, 5) is 0. The van der Waals surface area contributed by atoms with Crippen LogP contribution in [-0.4, -0.2) is 16.8 Å². The van der Waals surface area contributed by atoms with Crippen molar-refractivity contribution in [2.45, 2.75) is 13.5 Å². The highest BCUT2D eigenvalue weighted by Crippen LogP contribution is 2.41. The molecule has 0 heterocycles. The number of aliphatic hydroxyl groups excluding tert-OH is 1. The Bertz CT molecular complexity index is 899. The van der Waals surface area contributed by atoms with Crippen LogP contribution in [-0.2, 0) is 6.61 Å². The number of benzene rings is 3. The monoisotopic (exact) mass is 346 g/mol. The molecule has 0 aliphatic heterocycles. The van der Waals surface area contributed by atoms with E-state index in [2.05, 4.69) is 0 Å². The van der Waals surface area contributed by atoms with Crippen molar-refractivity contribution in [2.24, 2.45) is 0 Å². The van der Waals surface area contributed by atoms with Gasteiger partial charge in [-0.2, -0.15) is 0 Å². The smallest absolute Gasteiger partial charge is 0.131 e. The van der Waals surface area contributed by atoms with Gasteiger partial charge in [-0.25, -0.2) is 0 Å². The molecule has 2 N–H and O–H groups in total. The third-order valence-electron chi connectivity index (χ3n) is 4.23. The first-order valence-corrected chi connectivity index (χ1v) is 8.57. The Morgan fingerprint density at radius 2 is 1.65 bits per heavy atom. The fourth-order valence-corrected chi connectivity index (χ4v) is 3.00. The van der Waals surface area contributed by atoms with E-state index >= 15 is 0 Å². The summed E-state index contributed by atoms with van der Waals surface area (Å²) < 4.78 is 5.92. The van der Waals surface area contributed by atoms with Crippen LogP contribution in [0.15, 0.2) is 72.8 Å². The maximum atomic E-state index is 10.4. The van der Waals surface area contributed by atoms with Gasteiger partial charge < -0.3 is 14.9 Å². The Kier molecular flexibility index (Phi) is 5.72. The molecular weight excluding hydrogens is 324 g/mol. The van der Waals surface area contributed by atoms with Crippen LogP contribution in [0, 0.1) is 6.92 Å². The summed E-state index contributed by atoms with van der Waals surface area (Å²) >= 11 is 0. The second-order valence-electron chi connectivity index (χ2n) is 6.04. The van der Waals surface area contributed by atoms with Crippen molar-refractivity contribution >= 4 is 6.08 Å². The Labute approximate surface area is 153 Å². The molecule has 132 valence electrons. The fourth-order valence-electron chi connectivity index (χ4n) is 3.00. The maximum absolute atomic E-state index is 10.4. The van der Waals surface area contributed by atoms with Gasteiger partial charge >= 0.3 is 0 Å². The van der Waals surface area contributed by atoms with E-state index < -0.39 is 0 Å². The lowest BCUT2D eigenvalue weighted by Gasteiger charge is -2.17. The number of hydrogen-bond donors (Lipinski definition) is 2. The Morgan fingerprint density at radius 3 is 2.42 bits per heavy atom. The van der Waals surface area contributed by atoms with Crippen LogP contribution in [0.4, 0.5) is 0 Å². The molecule has 0 aromatic heterocycles. The lowest BCUT2D eigenvalue weighted by atomic mass is 9.94. The van der Waals surface area contributed by atoms with Gasteiger partial charge in [-0.1, -0.05) is 60.7 Å². The molecular formula is C23H22O3. The SMILES string of the molecule is Cc1cccc(CO)c1-c1c(O)cccc1OCC=Cc1ccccc1. The van der Waals surface area contributed by atoms with Gasteiger partial charge in [-0.05, 0) is 47.4 Å². The van der Waals surface area contributed by atoms with Gasteiger partial charge in [0.15, 0.2) is 0 Å². The molecule has 0 saturated carbocycles. The molecule has 3 rings (SSSR count). The van der Waals surface area contributed by atoms with Gasteiger partial charge in [-0.3, -0.25) is 0 Å². The number of rotatable bonds is 6. The third-order valence-corrected chi connectivity index (χ3v) is 4.23. The average Bonchev–Trinajstić information content (AvgIpc) is 2.66. The summed E-state index contributed by atoms with van der Waals surface area (Å²) in [6.45, 7) is 2.24. The molecule has 0 spiro atoms. The van der Waals surface area contributed by atoms with Crippen molar-refractivity contribution in [1.29, 1.82) is 0 Å². The van der Waals surface area contributed by atoms with Gasteiger partial charge in [0.25, 0.3) is 0 Å². The van der Waals surface area contributed by atoms with E-state index in [4.69, 9.17) is 4.74 Å². The predicted octanol–water partition coefficient (Wildman–Crippen LogP) is 4.95. The summed E-state index contributed by atoms with van der Waals surface area (Å²) in [5.41, 5.74) is 4.27. The van der Waals surface area contributed by atoms with Crippen molar-refractivity contribution in [1.82, 2.24) is 0 Å². The lowest BCUT2D eigenvalue weighted by molar-refractivity contribution is 0.282. The molecule has 3 aromatic carbocycles. The van der Waals surface area contributed by atoms with Gasteiger partial charge in [0, 0.05) is 0 Å². The number of hydrogen-bond acceptors (Lipinski definition) is 3. The van der Waals surface area contributed by atoms with Crippen LogP contribution in [0.1, 0.15) is 16.7 Å². The third kappa shape index (κ3) is 3.95. The van der Waals surface area contributed by atoms with Crippen LogP contribution < -0.4 is 4.74 Å². The van der Waals surface area contributed by atoms with Crippen molar-refractivity contribution in [3.8, 4) is 22.6 Å². The molecule has 0 saturated heterocycles. The van der Waals surface area contributed by atoms with Crippen LogP contribution >= 0.6 is 0 Å². The molecule has 0 amide bonds. The zero-order chi connectivity index (χ0) is 18.4. The number of aryl methyl sites for hydroxylation is 1. The Hall–Kier alpha value is -3.04. The van der Waals surface area contributed by atoms with Crippen molar-refractivity contribution in [2.75, 3.05) is 6.61 Å². The quantitative estimate of drug-likeness (QED) is 0.664. The van der Waals surface area contributed by atoms with Crippen LogP contribution in [0.3, 0.4) is 0 Å². The van der Waals surface area contributed by atoms with Gasteiger partial charge in [-0.15, -0.1) is 0 Å². The minimum absolute atomic E-state index is 0.0985. The molecule has 0 fully saturated rings. The minimum atomic E-state index is -0.0985. The maximum Gasteiger partial charge on any atom is 0.131 e. The van der Waals surface area contributed by atoms with E-state index in [1.54, 1.807) is 12.1 Å². The molecule has 3 aromatic rings. The molecule has 3 heteroatoms. The second-order valence-corrected chi connectivity index (χ2v) is 6.04. The standard InChI is InChI=1S/C23H22O3/c1-17-8-5-12-19(16-24)22(17)23-20(25)13-6-14-21(23)26-15-7-11-18-9-3-2-4-10-18/h2-14,24-25H,15-16H2,1H3. The Morgan fingerprint density at radius 1 is 0.885 bits per heavy atom. The number of aliphatic hydroxyl groups is 1. The minimum Gasteiger partial charge on any atom is -0.507 e. The largest absolute Gasteiger partial charge is 0.507 e. The van der Waals surface area contributed by atoms with E-state index in [1.807, 2.05) is 73.7 Å². The molecule has 3 nitrogen and oxygen atoms in total. The molecule has 0 bridgehead atoms. The summed E-state index contributed by atoms with van der Waals surface area (Å²) in [6, 6.07) is 20.9. The zero-order valence-electron chi connectivity index (χ0n) is 14.7. The van der Waals surface area contributed by atoms with E-state index in [0.29, 0.717) is 17.9 Å². The fraction of sp³-hybridized carbons (Fsp3) is 0.130. The van der Waals surface area contributed by atoms with E-state index in [0.717, 1.165) is 22.3 Å². The number of ether oxygens (including phenoxy) is 1. The molecule has 0 aliphatic carbocycles. The highest BCUT2D eigenvalue weighted by atomic mass is 16.5. The first-order valence-electron chi connectivity index (χ1n) is 8.57. The van der Waals surface area contributed by atoms with Gasteiger partial charge in [0.05, 0.1) is 12.2 Å². The van der Waals surface area contributed by atoms with Crippen molar-refractivity contribution in [3.63, 3.8) is 0 Å². The summed E-state index contributed by atoms with van der Waals surface area (Å²) in [7, 11) is 0. The van der Waals surface area contributed by atoms with E-state index in [9.17, 15) is 10.2 Å². The predicted molar refractivity (Wildman–Crippen MR) is 105 cm³/mol. The highest BCUT2D eigenvalue weighted by Gasteiger charge is 2.16. The summed E-state index contributed by atoms with van der Waals surface area (Å²) in [6.07, 6.45) is 3.93. The molecule has 26 heavy (non-hydrogen) atoms. The summed E-state index contributed by atoms with van der Waals surface area (Å²) in [5, 5.41) is 20.1. The van der Waals surface area contributed by atoms with Gasteiger partial charge in [0.1, 0.15) is 18.1 Å². The van der Waals surface area contributed by atoms with Crippen molar-refractivity contribution in [3.05, 3.63) is 89.5 Å². The topological polar surface area (TPSA) is 49.7 Å². The average molecular weight is 346 g/mol. The number of phenols is 1. The van der Waals surface area contributed by atoms with Crippen LogP contribution in [0.2, 0.25) is 0 Å². The molecule has 0 unspecified atom stereocenters. The molecule has 0 radical (unpaired) electrons. The first-order chi connectivity index (χ1) is 12.7. The number of phenolic OH excluding ortho intramolecular Hbond substituents is 1. The zero-order valence-corrected chi connectivity index (χ0v) is 14.7. The second kappa shape index (κ2) is 8.37. The molecule has 0 atom stereocenters. The molecule has 0 aliphatic rings. The summed E-state index contributed by atoms with van der Waals surface area (Å²) in [5.74, 6) is 0.727. The normalized spacial score (nSPS) is 11.0. The van der Waals surface area contributed by atoms with E-state index in [-0.39, 0.29) is 12.4 Å².